The van der Waals surface area contributed by atoms with Gasteiger partial charge in [0.1, 0.15) is 0 Å². The van der Waals surface area contributed by atoms with Gasteiger partial charge in [0.25, 0.3) is 0 Å². The van der Waals surface area contributed by atoms with Crippen molar-refractivity contribution in [1.29, 1.82) is 0 Å². The van der Waals surface area contributed by atoms with Gasteiger partial charge in [-0.1, -0.05) is 27.2 Å². The zero-order chi connectivity index (χ0) is 13.5. The topological polar surface area (TPSA) is 42.1 Å². The monoisotopic (exact) mass is 249 g/mol. The molecule has 18 heavy (non-hydrogen) atoms. The van der Waals surface area contributed by atoms with Crippen molar-refractivity contribution < 1.29 is 0 Å². The molecule has 0 fully saturated rings. The maximum Gasteiger partial charge on any atom is 0.0572 e. The molecule has 1 heterocycles. The fraction of sp³-hybridized carbons (Fsp3) is 0.667. The Morgan fingerprint density at radius 3 is 2.39 bits per heavy atom. The minimum absolute atomic E-state index is 0.0590. The standard InChI is InChI=1S/C15H27N3/c1-5-12(4)11-18(7-3)13-8-9-15(17-10-13)14(16)6-2/h8-10,12,14H,5-7,11,16H2,1-4H3/t12?,14-/m1/s1. The number of rotatable bonds is 7. The molecule has 102 valence electrons. The molecule has 0 radical (unpaired) electrons. The average molecular weight is 249 g/mol. The summed E-state index contributed by atoms with van der Waals surface area (Å²) in [7, 11) is 0. The van der Waals surface area contributed by atoms with E-state index in [0.717, 1.165) is 25.2 Å². The Labute approximate surface area is 111 Å². The molecule has 1 aromatic heterocycles. The van der Waals surface area contributed by atoms with Crippen molar-refractivity contribution in [3.05, 3.63) is 24.0 Å². The molecule has 2 atom stereocenters. The lowest BCUT2D eigenvalue weighted by molar-refractivity contribution is 0.547. The highest BCUT2D eigenvalue weighted by Crippen LogP contribution is 2.18. The third-order valence-corrected chi connectivity index (χ3v) is 3.57. The molecule has 0 aliphatic carbocycles. The number of anilines is 1. The Morgan fingerprint density at radius 2 is 1.94 bits per heavy atom. The fourth-order valence-electron chi connectivity index (χ4n) is 1.94. The van der Waals surface area contributed by atoms with Gasteiger partial charge in [-0.25, -0.2) is 0 Å². The molecule has 2 N–H and O–H groups in total. The average Bonchev–Trinajstić information content (AvgIpc) is 2.43. The Kier molecular flexibility index (Phi) is 6.13. The van der Waals surface area contributed by atoms with Gasteiger partial charge >= 0.3 is 0 Å². The van der Waals surface area contributed by atoms with Crippen LogP contribution in [0.4, 0.5) is 5.69 Å². The quantitative estimate of drug-likeness (QED) is 0.805. The van der Waals surface area contributed by atoms with Crippen LogP contribution in [-0.4, -0.2) is 18.1 Å². The SMILES string of the molecule is CCC(C)CN(CC)c1ccc([C@H](N)CC)nc1. The van der Waals surface area contributed by atoms with Crippen molar-refractivity contribution in [2.75, 3.05) is 18.0 Å². The molecule has 1 unspecified atom stereocenters. The number of pyridine rings is 1. The van der Waals surface area contributed by atoms with Crippen LogP contribution in [0.1, 0.15) is 52.3 Å². The summed E-state index contributed by atoms with van der Waals surface area (Å²) in [5, 5.41) is 0. The molecule has 3 nitrogen and oxygen atoms in total. The fourth-order valence-corrected chi connectivity index (χ4v) is 1.94. The summed E-state index contributed by atoms with van der Waals surface area (Å²) in [5.74, 6) is 0.711. The first-order valence-corrected chi connectivity index (χ1v) is 7.08. The van der Waals surface area contributed by atoms with Crippen molar-refractivity contribution in [1.82, 2.24) is 4.98 Å². The summed E-state index contributed by atoms with van der Waals surface area (Å²) in [6.07, 6.45) is 4.09. The molecule has 3 heteroatoms. The van der Waals surface area contributed by atoms with Crippen molar-refractivity contribution >= 4 is 5.69 Å². The summed E-state index contributed by atoms with van der Waals surface area (Å²) in [6, 6.07) is 4.26. The maximum atomic E-state index is 5.98. The zero-order valence-corrected chi connectivity index (χ0v) is 12.2. The Balaban J connectivity index is 2.75. The third-order valence-electron chi connectivity index (χ3n) is 3.57. The van der Waals surface area contributed by atoms with Crippen molar-refractivity contribution in [2.24, 2.45) is 11.7 Å². The first kappa shape index (κ1) is 15.0. The van der Waals surface area contributed by atoms with Gasteiger partial charge in [-0.3, -0.25) is 4.98 Å². The number of aromatic nitrogens is 1. The van der Waals surface area contributed by atoms with Gasteiger partial charge in [-0.05, 0) is 31.4 Å². The van der Waals surface area contributed by atoms with E-state index >= 15 is 0 Å². The highest BCUT2D eigenvalue weighted by atomic mass is 15.1. The number of hydrogen-bond acceptors (Lipinski definition) is 3. The molecule has 0 aliphatic heterocycles. The Morgan fingerprint density at radius 1 is 1.22 bits per heavy atom. The largest absolute Gasteiger partial charge is 0.370 e. The van der Waals surface area contributed by atoms with Gasteiger partial charge in [0.05, 0.1) is 17.6 Å². The highest BCUT2D eigenvalue weighted by molar-refractivity contribution is 5.44. The van der Waals surface area contributed by atoms with Gasteiger partial charge in [0.2, 0.25) is 0 Å². The zero-order valence-electron chi connectivity index (χ0n) is 12.2. The van der Waals surface area contributed by atoms with E-state index in [-0.39, 0.29) is 6.04 Å². The molecule has 0 saturated heterocycles. The van der Waals surface area contributed by atoms with E-state index in [1.165, 1.54) is 12.1 Å². The minimum Gasteiger partial charge on any atom is -0.370 e. The van der Waals surface area contributed by atoms with Gasteiger partial charge in [-0.2, -0.15) is 0 Å². The molecule has 1 aromatic rings. The summed E-state index contributed by atoms with van der Waals surface area (Å²) < 4.78 is 0. The van der Waals surface area contributed by atoms with Gasteiger partial charge in [0.15, 0.2) is 0 Å². The number of hydrogen-bond donors (Lipinski definition) is 1. The van der Waals surface area contributed by atoms with E-state index in [9.17, 15) is 0 Å². The second kappa shape index (κ2) is 7.37. The van der Waals surface area contributed by atoms with E-state index in [2.05, 4.69) is 49.7 Å². The van der Waals surface area contributed by atoms with E-state index < -0.39 is 0 Å². The van der Waals surface area contributed by atoms with Crippen LogP contribution < -0.4 is 10.6 Å². The van der Waals surface area contributed by atoms with Crippen LogP contribution in [-0.2, 0) is 0 Å². The van der Waals surface area contributed by atoms with Crippen molar-refractivity contribution in [3.8, 4) is 0 Å². The molecule has 0 aliphatic rings. The van der Waals surface area contributed by atoms with Crippen LogP contribution in [0.5, 0.6) is 0 Å². The summed E-state index contributed by atoms with van der Waals surface area (Å²) in [5.41, 5.74) is 8.16. The van der Waals surface area contributed by atoms with E-state index in [1.807, 2.05) is 6.20 Å². The van der Waals surface area contributed by atoms with Crippen LogP contribution in [0.3, 0.4) is 0 Å². The number of nitrogens with zero attached hydrogens (tertiary/aromatic N) is 2. The second-order valence-corrected chi connectivity index (χ2v) is 5.01. The Bertz CT molecular complexity index is 334. The predicted octanol–water partition coefficient (Wildman–Crippen LogP) is 3.36. The maximum absolute atomic E-state index is 5.98. The summed E-state index contributed by atoms with van der Waals surface area (Å²) in [6.45, 7) is 10.9. The summed E-state index contributed by atoms with van der Waals surface area (Å²) >= 11 is 0. The van der Waals surface area contributed by atoms with Crippen molar-refractivity contribution in [3.63, 3.8) is 0 Å². The smallest absolute Gasteiger partial charge is 0.0572 e. The number of nitrogens with two attached hydrogens (primary N) is 1. The minimum atomic E-state index is 0.0590. The van der Waals surface area contributed by atoms with E-state index in [4.69, 9.17) is 5.73 Å². The lowest BCUT2D eigenvalue weighted by atomic mass is 10.1. The molecule has 0 bridgehead atoms. The lowest BCUT2D eigenvalue weighted by Crippen LogP contribution is -2.28. The molecular weight excluding hydrogens is 222 g/mol. The van der Waals surface area contributed by atoms with Crippen molar-refractivity contribution in [2.45, 2.75) is 46.6 Å². The lowest BCUT2D eigenvalue weighted by Gasteiger charge is -2.26. The normalized spacial score (nSPS) is 14.3. The molecule has 0 spiro atoms. The van der Waals surface area contributed by atoms with Crippen LogP contribution in [0, 0.1) is 5.92 Å². The molecule has 0 saturated carbocycles. The van der Waals surface area contributed by atoms with Crippen LogP contribution in [0.25, 0.3) is 0 Å². The van der Waals surface area contributed by atoms with Crippen LogP contribution in [0.2, 0.25) is 0 Å². The van der Waals surface area contributed by atoms with Gasteiger partial charge < -0.3 is 10.6 Å². The molecule has 0 aromatic carbocycles. The molecule has 0 amide bonds. The van der Waals surface area contributed by atoms with Crippen LogP contribution >= 0.6 is 0 Å². The van der Waals surface area contributed by atoms with Gasteiger partial charge in [0, 0.05) is 19.1 Å². The third kappa shape index (κ3) is 3.98. The molecule has 1 rings (SSSR count). The Hall–Kier alpha value is -1.09. The highest BCUT2D eigenvalue weighted by Gasteiger charge is 2.10. The van der Waals surface area contributed by atoms with Crippen LogP contribution in [0.15, 0.2) is 18.3 Å². The van der Waals surface area contributed by atoms with E-state index in [0.29, 0.717) is 5.92 Å². The van der Waals surface area contributed by atoms with E-state index in [1.54, 1.807) is 0 Å². The first-order chi connectivity index (χ1) is 8.62. The summed E-state index contributed by atoms with van der Waals surface area (Å²) in [4.78, 5) is 6.86. The predicted molar refractivity (Wildman–Crippen MR) is 78.8 cm³/mol. The van der Waals surface area contributed by atoms with Gasteiger partial charge in [-0.15, -0.1) is 0 Å². The molecular formula is C15H27N3. The second-order valence-electron chi connectivity index (χ2n) is 5.01. The first-order valence-electron chi connectivity index (χ1n) is 7.08.